The van der Waals surface area contributed by atoms with E-state index < -0.39 is 0 Å². The van der Waals surface area contributed by atoms with Gasteiger partial charge in [0.15, 0.2) is 0 Å². The number of ether oxygens (including phenoxy) is 1. The zero-order valence-corrected chi connectivity index (χ0v) is 9.79. The van der Waals surface area contributed by atoms with Crippen LogP contribution in [0.3, 0.4) is 0 Å². The minimum Gasteiger partial charge on any atom is -0.376 e. The van der Waals surface area contributed by atoms with Crippen LogP contribution in [0.5, 0.6) is 0 Å². The molecule has 1 aliphatic heterocycles. The Labute approximate surface area is 95.4 Å². The summed E-state index contributed by atoms with van der Waals surface area (Å²) >= 11 is 0. The predicted molar refractivity (Wildman–Crippen MR) is 61.7 cm³/mol. The Balaban J connectivity index is 2.35. The maximum atomic E-state index is 5.48. The van der Waals surface area contributed by atoms with Crippen LogP contribution in [0.1, 0.15) is 30.9 Å². The van der Waals surface area contributed by atoms with E-state index in [0.717, 1.165) is 36.5 Å². The van der Waals surface area contributed by atoms with Crippen molar-refractivity contribution in [1.82, 2.24) is 9.97 Å². The summed E-state index contributed by atoms with van der Waals surface area (Å²) in [5, 5.41) is 0. The van der Waals surface area contributed by atoms with Crippen molar-refractivity contribution in [2.24, 2.45) is 11.8 Å². The van der Waals surface area contributed by atoms with Gasteiger partial charge in [0.2, 0.25) is 0 Å². The highest BCUT2D eigenvalue weighted by Crippen LogP contribution is 2.22. The summed E-state index contributed by atoms with van der Waals surface area (Å²) in [6.45, 7) is 5.59. The molecule has 2 rings (SSSR count). The lowest BCUT2D eigenvalue weighted by Gasteiger charge is -2.19. The van der Waals surface area contributed by atoms with Crippen molar-refractivity contribution >= 4 is 5.82 Å². The number of hydrogen-bond acceptors (Lipinski definition) is 5. The van der Waals surface area contributed by atoms with Gasteiger partial charge in [-0.25, -0.2) is 15.8 Å². The average Bonchev–Trinajstić information content (AvgIpc) is 2.27. The smallest absolute Gasteiger partial charge is 0.149 e. The second-order valence-corrected chi connectivity index (χ2v) is 4.46. The first-order valence-electron chi connectivity index (χ1n) is 5.63. The predicted octanol–water partition coefficient (Wildman–Crippen LogP) is 1.03. The van der Waals surface area contributed by atoms with Crippen LogP contribution in [0.4, 0.5) is 5.82 Å². The lowest BCUT2D eigenvalue weighted by Crippen LogP contribution is -2.20. The second kappa shape index (κ2) is 4.76. The molecule has 5 nitrogen and oxygen atoms in total. The van der Waals surface area contributed by atoms with Gasteiger partial charge in [0.25, 0.3) is 0 Å². The van der Waals surface area contributed by atoms with Gasteiger partial charge in [-0.1, -0.05) is 13.8 Å². The molecule has 0 saturated heterocycles. The molecule has 0 saturated carbocycles. The largest absolute Gasteiger partial charge is 0.376 e. The number of nitrogen functional groups attached to an aromatic ring is 1. The highest BCUT2D eigenvalue weighted by molar-refractivity contribution is 5.46. The molecule has 5 heteroatoms. The minimum absolute atomic E-state index is 0.545. The average molecular weight is 222 g/mol. The molecule has 1 aromatic rings. The van der Waals surface area contributed by atoms with Gasteiger partial charge in [-0.2, -0.15) is 0 Å². The van der Waals surface area contributed by atoms with E-state index in [2.05, 4.69) is 29.2 Å². The molecule has 1 aliphatic rings. The topological polar surface area (TPSA) is 73.1 Å². The molecule has 0 aliphatic carbocycles. The van der Waals surface area contributed by atoms with Crippen LogP contribution >= 0.6 is 0 Å². The number of nitrogens with one attached hydrogen (secondary N) is 1. The van der Waals surface area contributed by atoms with Crippen LogP contribution in [0.25, 0.3) is 0 Å². The molecule has 16 heavy (non-hydrogen) atoms. The molecule has 3 N–H and O–H groups in total. The van der Waals surface area contributed by atoms with Gasteiger partial charge >= 0.3 is 0 Å². The van der Waals surface area contributed by atoms with Gasteiger partial charge in [-0.05, 0) is 5.92 Å². The number of nitrogens with two attached hydrogens (primary N) is 1. The fourth-order valence-electron chi connectivity index (χ4n) is 1.86. The number of rotatable bonds is 3. The number of nitrogens with zero attached hydrogens (tertiary/aromatic N) is 2. The molecular weight excluding hydrogens is 204 g/mol. The SMILES string of the molecule is CC(C)Cc1nc2c(c(NN)n1)COCC2. The van der Waals surface area contributed by atoms with Crippen LogP contribution in [0.15, 0.2) is 0 Å². The third kappa shape index (κ3) is 2.31. The Morgan fingerprint density at radius 2 is 2.25 bits per heavy atom. The summed E-state index contributed by atoms with van der Waals surface area (Å²) in [5.41, 5.74) is 4.71. The summed E-state index contributed by atoms with van der Waals surface area (Å²) in [7, 11) is 0. The van der Waals surface area contributed by atoms with Gasteiger partial charge in [0, 0.05) is 18.4 Å². The fraction of sp³-hybridized carbons (Fsp3) is 0.636. The summed E-state index contributed by atoms with van der Waals surface area (Å²) in [4.78, 5) is 8.99. The molecule has 1 aromatic heterocycles. The number of anilines is 1. The molecular formula is C11H18N4O. The van der Waals surface area contributed by atoms with E-state index in [0.29, 0.717) is 18.3 Å². The number of hydrogen-bond donors (Lipinski definition) is 2. The second-order valence-electron chi connectivity index (χ2n) is 4.46. The van der Waals surface area contributed by atoms with Gasteiger partial charge in [0.05, 0.1) is 18.9 Å². The quantitative estimate of drug-likeness (QED) is 0.590. The molecule has 0 aromatic carbocycles. The third-order valence-corrected chi connectivity index (χ3v) is 2.60. The normalized spacial score (nSPS) is 15.0. The van der Waals surface area contributed by atoms with Gasteiger partial charge in [-0.15, -0.1) is 0 Å². The monoisotopic (exact) mass is 222 g/mol. The molecule has 0 spiro atoms. The van der Waals surface area contributed by atoms with E-state index in [1.54, 1.807) is 0 Å². The Kier molecular flexibility index (Phi) is 3.36. The van der Waals surface area contributed by atoms with Crippen molar-refractivity contribution in [2.45, 2.75) is 33.3 Å². The molecule has 0 bridgehead atoms. The maximum Gasteiger partial charge on any atom is 0.149 e. The van der Waals surface area contributed by atoms with E-state index in [4.69, 9.17) is 10.6 Å². The first-order valence-corrected chi connectivity index (χ1v) is 5.63. The molecule has 88 valence electrons. The summed E-state index contributed by atoms with van der Waals surface area (Å²) in [5.74, 6) is 7.60. The minimum atomic E-state index is 0.545. The van der Waals surface area contributed by atoms with Gasteiger partial charge in [0.1, 0.15) is 11.6 Å². The van der Waals surface area contributed by atoms with Crippen LogP contribution in [-0.2, 0) is 24.2 Å². The molecule has 0 unspecified atom stereocenters. The van der Waals surface area contributed by atoms with Crippen LogP contribution in [-0.4, -0.2) is 16.6 Å². The van der Waals surface area contributed by atoms with Crippen LogP contribution in [0.2, 0.25) is 0 Å². The van der Waals surface area contributed by atoms with E-state index in [1.807, 2.05) is 0 Å². The van der Waals surface area contributed by atoms with E-state index in [9.17, 15) is 0 Å². The Morgan fingerprint density at radius 3 is 2.94 bits per heavy atom. The van der Waals surface area contributed by atoms with Crippen molar-refractivity contribution in [2.75, 3.05) is 12.0 Å². The van der Waals surface area contributed by atoms with E-state index in [-0.39, 0.29) is 0 Å². The van der Waals surface area contributed by atoms with E-state index in [1.165, 1.54) is 0 Å². The Hall–Kier alpha value is -1.20. The number of aromatic nitrogens is 2. The highest BCUT2D eigenvalue weighted by atomic mass is 16.5. The van der Waals surface area contributed by atoms with Crippen molar-refractivity contribution < 1.29 is 4.74 Å². The molecule has 0 fully saturated rings. The third-order valence-electron chi connectivity index (χ3n) is 2.60. The molecule has 0 atom stereocenters. The number of hydrazine groups is 1. The highest BCUT2D eigenvalue weighted by Gasteiger charge is 2.17. The maximum absolute atomic E-state index is 5.48. The fourth-order valence-corrected chi connectivity index (χ4v) is 1.86. The van der Waals surface area contributed by atoms with Crippen LogP contribution in [0, 0.1) is 5.92 Å². The van der Waals surface area contributed by atoms with E-state index >= 15 is 0 Å². The first-order chi connectivity index (χ1) is 7.70. The Morgan fingerprint density at radius 1 is 1.44 bits per heavy atom. The van der Waals surface area contributed by atoms with Gasteiger partial charge in [-0.3, -0.25) is 0 Å². The summed E-state index contributed by atoms with van der Waals surface area (Å²) < 4.78 is 5.38. The lowest BCUT2D eigenvalue weighted by atomic mass is 10.1. The van der Waals surface area contributed by atoms with Crippen molar-refractivity contribution in [3.8, 4) is 0 Å². The first kappa shape index (κ1) is 11.3. The standard InChI is InChI=1S/C11H18N4O/c1-7(2)5-10-13-9-3-4-16-6-8(9)11(14-10)15-12/h7H,3-6,12H2,1-2H3,(H,13,14,15). The van der Waals surface area contributed by atoms with Gasteiger partial charge < -0.3 is 10.2 Å². The zero-order chi connectivity index (χ0) is 11.5. The van der Waals surface area contributed by atoms with Crippen molar-refractivity contribution in [3.05, 3.63) is 17.1 Å². The zero-order valence-electron chi connectivity index (χ0n) is 9.79. The van der Waals surface area contributed by atoms with Crippen molar-refractivity contribution in [3.63, 3.8) is 0 Å². The van der Waals surface area contributed by atoms with Crippen LogP contribution < -0.4 is 11.3 Å². The summed E-state index contributed by atoms with van der Waals surface area (Å²) in [6.07, 6.45) is 1.72. The molecule has 0 radical (unpaired) electrons. The molecule has 2 heterocycles. The summed E-state index contributed by atoms with van der Waals surface area (Å²) in [6, 6.07) is 0. The molecule has 0 amide bonds. The lowest BCUT2D eigenvalue weighted by molar-refractivity contribution is 0.109. The Bertz CT molecular complexity index is 361. The number of fused-ring (bicyclic) bond motifs is 1. The van der Waals surface area contributed by atoms with Crippen molar-refractivity contribution in [1.29, 1.82) is 0 Å².